The average molecular weight is 549 g/mol. The van der Waals surface area contributed by atoms with Crippen LogP contribution in [0.3, 0.4) is 0 Å². The Labute approximate surface area is 233 Å². The molecule has 9 heteroatoms. The van der Waals surface area contributed by atoms with Gasteiger partial charge in [0, 0.05) is 29.7 Å². The zero-order chi connectivity index (χ0) is 28.0. The highest BCUT2D eigenvalue weighted by atomic mass is 16.5. The van der Waals surface area contributed by atoms with Gasteiger partial charge in [-0.3, -0.25) is 9.69 Å². The van der Waals surface area contributed by atoms with Gasteiger partial charge in [-0.2, -0.15) is 0 Å². The predicted molar refractivity (Wildman–Crippen MR) is 148 cm³/mol. The number of carbonyl (C=O) groups excluding carboxylic acids is 2. The number of hydrogen-bond acceptors (Lipinski definition) is 8. The summed E-state index contributed by atoms with van der Waals surface area (Å²) in [5, 5.41) is 1.30. The SMILES string of the molecule is COC(=O)C1C[C@H](OC(=O)c2cc(OC)c(OC)c(OC)c2)C[C@@H]2CN3CCc4c([nH]c5ccccc45)[C@H]3C[C@H]12. The number of aromatic nitrogens is 1. The second-order valence-corrected chi connectivity index (χ2v) is 11.0. The first kappa shape index (κ1) is 26.5. The van der Waals surface area contributed by atoms with Gasteiger partial charge >= 0.3 is 11.9 Å². The molecule has 0 radical (unpaired) electrons. The van der Waals surface area contributed by atoms with Crippen LogP contribution in [0.15, 0.2) is 36.4 Å². The Morgan fingerprint density at radius 3 is 2.40 bits per heavy atom. The highest BCUT2D eigenvalue weighted by Crippen LogP contribution is 2.50. The van der Waals surface area contributed by atoms with Gasteiger partial charge in [-0.15, -0.1) is 0 Å². The molecule has 2 aromatic carbocycles. The third-order valence-corrected chi connectivity index (χ3v) is 9.12. The fraction of sp³-hybridized carbons (Fsp3) is 0.484. The Kier molecular flexibility index (Phi) is 7.08. The standard InChI is InChI=1S/C31H36N2O7/c1-36-26-12-17(13-27(37-2)29(26)38-3)30(34)40-19-11-18-16-33-10-9-21-20-7-5-6-8-24(20)32-28(21)25(33)15-22(18)23(14-19)31(35)39-4/h5-8,12-13,18-19,22-23,25,32H,9-11,14-16H2,1-4H3/t18-,19-,22+,23?,25-/m1/s1. The lowest BCUT2D eigenvalue weighted by Crippen LogP contribution is -2.52. The van der Waals surface area contributed by atoms with E-state index in [1.54, 1.807) is 12.1 Å². The molecule has 1 aliphatic carbocycles. The summed E-state index contributed by atoms with van der Waals surface area (Å²) >= 11 is 0. The quantitative estimate of drug-likeness (QED) is 0.449. The van der Waals surface area contributed by atoms with E-state index in [0.29, 0.717) is 35.7 Å². The maximum atomic E-state index is 13.3. The first-order valence-electron chi connectivity index (χ1n) is 13.9. The van der Waals surface area contributed by atoms with Crippen molar-refractivity contribution < 1.29 is 33.3 Å². The van der Waals surface area contributed by atoms with Crippen LogP contribution >= 0.6 is 0 Å². The summed E-state index contributed by atoms with van der Waals surface area (Å²) in [6.07, 6.45) is 2.61. The molecule has 1 unspecified atom stereocenters. The van der Waals surface area contributed by atoms with Crippen molar-refractivity contribution in [2.75, 3.05) is 41.5 Å². The molecule has 2 aliphatic heterocycles. The van der Waals surface area contributed by atoms with E-state index < -0.39 is 12.1 Å². The van der Waals surface area contributed by atoms with Crippen molar-refractivity contribution >= 4 is 22.8 Å². The van der Waals surface area contributed by atoms with Gasteiger partial charge in [0.05, 0.1) is 46.0 Å². The van der Waals surface area contributed by atoms with Crippen LogP contribution in [-0.2, 0) is 20.7 Å². The first-order valence-corrected chi connectivity index (χ1v) is 13.9. The number of ether oxygens (including phenoxy) is 5. The van der Waals surface area contributed by atoms with Crippen molar-refractivity contribution in [1.82, 2.24) is 9.88 Å². The highest BCUT2D eigenvalue weighted by molar-refractivity contribution is 5.91. The Balaban J connectivity index is 1.24. The van der Waals surface area contributed by atoms with Crippen LogP contribution in [0, 0.1) is 17.8 Å². The van der Waals surface area contributed by atoms with Crippen LogP contribution in [0.2, 0.25) is 0 Å². The molecule has 3 heterocycles. The predicted octanol–water partition coefficient (Wildman–Crippen LogP) is 4.54. The van der Waals surface area contributed by atoms with Crippen molar-refractivity contribution in [2.45, 2.75) is 37.8 Å². The third kappa shape index (κ3) is 4.46. The van der Waals surface area contributed by atoms with E-state index in [9.17, 15) is 9.59 Å². The van der Waals surface area contributed by atoms with Crippen molar-refractivity contribution in [3.63, 3.8) is 0 Å². The van der Waals surface area contributed by atoms with Crippen molar-refractivity contribution in [3.8, 4) is 17.2 Å². The smallest absolute Gasteiger partial charge is 0.338 e. The lowest BCUT2D eigenvalue weighted by molar-refractivity contribution is -0.155. The van der Waals surface area contributed by atoms with Crippen LogP contribution in [0.4, 0.5) is 0 Å². The highest BCUT2D eigenvalue weighted by Gasteiger charge is 2.49. The Hall–Kier alpha value is -3.72. The number of esters is 2. The number of methoxy groups -OCH3 is 4. The van der Waals surface area contributed by atoms with Gasteiger partial charge in [0.1, 0.15) is 6.10 Å². The summed E-state index contributed by atoms with van der Waals surface area (Å²) in [6.45, 7) is 1.83. The van der Waals surface area contributed by atoms with Crippen LogP contribution in [-0.4, -0.2) is 69.5 Å². The molecular weight excluding hydrogens is 512 g/mol. The zero-order valence-corrected chi connectivity index (χ0v) is 23.4. The molecule has 212 valence electrons. The summed E-state index contributed by atoms with van der Waals surface area (Å²) in [5.41, 5.74) is 4.16. The number of rotatable bonds is 6. The molecule has 1 saturated carbocycles. The van der Waals surface area contributed by atoms with E-state index in [1.165, 1.54) is 50.6 Å². The second kappa shape index (κ2) is 10.7. The minimum atomic E-state index is -0.485. The van der Waals surface area contributed by atoms with Gasteiger partial charge < -0.3 is 28.7 Å². The molecular formula is C31H36N2O7. The summed E-state index contributed by atoms with van der Waals surface area (Å²) in [4.78, 5) is 32.6. The van der Waals surface area contributed by atoms with E-state index in [-0.39, 0.29) is 29.8 Å². The summed E-state index contributed by atoms with van der Waals surface area (Å²) in [7, 11) is 5.96. The van der Waals surface area contributed by atoms with E-state index in [2.05, 4.69) is 34.1 Å². The fourth-order valence-electron chi connectivity index (χ4n) is 7.31. The number of H-pyrrole nitrogens is 1. The number of nitrogens with zero attached hydrogens (tertiary/aromatic N) is 1. The van der Waals surface area contributed by atoms with Gasteiger partial charge in [-0.05, 0) is 61.3 Å². The summed E-state index contributed by atoms with van der Waals surface area (Å²) in [5.74, 6) is 0.488. The number of nitrogens with one attached hydrogen (secondary N) is 1. The third-order valence-electron chi connectivity index (χ3n) is 9.12. The maximum absolute atomic E-state index is 13.3. The molecule has 1 aromatic heterocycles. The molecule has 1 saturated heterocycles. The van der Waals surface area contributed by atoms with E-state index in [4.69, 9.17) is 23.7 Å². The summed E-state index contributed by atoms with van der Waals surface area (Å²) < 4.78 is 27.5. The number of fused-ring (bicyclic) bond motifs is 6. The second-order valence-electron chi connectivity index (χ2n) is 11.0. The molecule has 6 rings (SSSR count). The first-order chi connectivity index (χ1) is 19.4. The molecule has 1 N–H and O–H groups in total. The molecule has 3 aliphatic rings. The van der Waals surface area contributed by atoms with Crippen molar-refractivity contribution in [3.05, 3.63) is 53.2 Å². The molecule has 2 fully saturated rings. The van der Waals surface area contributed by atoms with Gasteiger partial charge in [-0.25, -0.2) is 4.79 Å². The van der Waals surface area contributed by atoms with Crippen LogP contribution in [0.1, 0.15) is 46.9 Å². The van der Waals surface area contributed by atoms with E-state index in [0.717, 1.165) is 25.9 Å². The normalized spacial score (nSPS) is 25.8. The summed E-state index contributed by atoms with van der Waals surface area (Å²) in [6, 6.07) is 11.9. The molecule has 0 amide bonds. The van der Waals surface area contributed by atoms with Crippen LogP contribution in [0.5, 0.6) is 17.2 Å². The number of aromatic amines is 1. The fourth-order valence-corrected chi connectivity index (χ4v) is 7.31. The molecule has 0 spiro atoms. The Morgan fingerprint density at radius 1 is 0.950 bits per heavy atom. The molecule has 40 heavy (non-hydrogen) atoms. The molecule has 9 nitrogen and oxygen atoms in total. The Morgan fingerprint density at radius 2 is 1.70 bits per heavy atom. The molecule has 5 atom stereocenters. The van der Waals surface area contributed by atoms with Gasteiger partial charge in [0.15, 0.2) is 11.5 Å². The van der Waals surface area contributed by atoms with Crippen molar-refractivity contribution in [1.29, 1.82) is 0 Å². The molecule has 0 bridgehead atoms. The Bertz CT molecular complexity index is 1410. The minimum absolute atomic E-state index is 0.155. The number of hydrogen-bond donors (Lipinski definition) is 1. The zero-order valence-electron chi connectivity index (χ0n) is 23.4. The van der Waals surface area contributed by atoms with E-state index >= 15 is 0 Å². The number of piperidine rings is 1. The number of benzene rings is 2. The van der Waals surface area contributed by atoms with Gasteiger partial charge in [0.2, 0.25) is 5.75 Å². The lowest BCUT2D eigenvalue weighted by Gasteiger charge is -2.51. The largest absolute Gasteiger partial charge is 0.493 e. The minimum Gasteiger partial charge on any atom is -0.493 e. The monoisotopic (exact) mass is 548 g/mol. The van der Waals surface area contributed by atoms with E-state index in [1.807, 2.05) is 0 Å². The topological polar surface area (TPSA) is 99.3 Å². The lowest BCUT2D eigenvalue weighted by atomic mass is 9.65. The van der Waals surface area contributed by atoms with Gasteiger partial charge in [0.25, 0.3) is 0 Å². The molecule has 3 aromatic rings. The van der Waals surface area contributed by atoms with Crippen molar-refractivity contribution in [2.24, 2.45) is 17.8 Å². The average Bonchev–Trinajstić information content (AvgIpc) is 3.37. The maximum Gasteiger partial charge on any atom is 0.338 e. The van der Waals surface area contributed by atoms with Gasteiger partial charge in [-0.1, -0.05) is 18.2 Å². The number of para-hydroxylation sites is 1. The van der Waals surface area contributed by atoms with Crippen LogP contribution < -0.4 is 14.2 Å². The number of carbonyl (C=O) groups is 2. The van der Waals surface area contributed by atoms with Crippen LogP contribution in [0.25, 0.3) is 10.9 Å².